The fourth-order valence-corrected chi connectivity index (χ4v) is 5.00. The molecule has 186 valence electrons. The maximum atomic E-state index is 13.4. The Hall–Kier alpha value is -3.84. The Morgan fingerprint density at radius 3 is 2.61 bits per heavy atom. The molecule has 36 heavy (non-hydrogen) atoms. The van der Waals surface area contributed by atoms with Gasteiger partial charge in [-0.2, -0.15) is 9.49 Å². The molecule has 5 rings (SSSR count). The summed E-state index contributed by atoms with van der Waals surface area (Å²) in [5, 5.41) is 18.8. The number of nitro groups is 1. The Kier molecular flexibility index (Phi) is 6.41. The van der Waals surface area contributed by atoms with E-state index in [2.05, 4.69) is 39.1 Å². The van der Waals surface area contributed by atoms with Crippen LogP contribution in [0.5, 0.6) is 0 Å². The number of rotatable bonds is 6. The molecular formula is C23H23FN8O3S. The highest BCUT2D eigenvalue weighted by atomic mass is 32.1. The summed E-state index contributed by atoms with van der Waals surface area (Å²) in [6.07, 6.45) is 4.73. The van der Waals surface area contributed by atoms with E-state index in [0.29, 0.717) is 22.6 Å². The minimum atomic E-state index is -0.630. The number of anilines is 1. The Morgan fingerprint density at radius 1 is 1.19 bits per heavy atom. The van der Waals surface area contributed by atoms with Crippen LogP contribution >= 0.6 is 11.3 Å². The average Bonchev–Trinajstić information content (AvgIpc) is 3.53. The second kappa shape index (κ2) is 9.66. The standard InChI is InChI=1S/C23H23FN8O3S/c1-13(2)30-9-7-15(8-10-30)31-22-16(12-26-31)21(27-20(28-22)14-3-5-18(24)25-11-14)29-23(33)17-4-6-19(36-17)32(34)35/h3-6,11-13,15H,7-10H2,1-2H3,(H,27,28,29,33). The van der Waals surface area contributed by atoms with Gasteiger partial charge in [0, 0.05) is 37.0 Å². The summed E-state index contributed by atoms with van der Waals surface area (Å²) in [7, 11) is 0. The van der Waals surface area contributed by atoms with Crippen molar-refractivity contribution < 1.29 is 14.1 Å². The zero-order valence-corrected chi connectivity index (χ0v) is 20.4. The molecule has 1 aliphatic heterocycles. The fraction of sp³-hybridized carbons (Fsp3) is 0.348. The molecule has 1 fully saturated rings. The molecule has 0 bridgehead atoms. The van der Waals surface area contributed by atoms with Crippen molar-refractivity contribution in [2.24, 2.45) is 0 Å². The largest absolute Gasteiger partial charge is 0.324 e. The van der Waals surface area contributed by atoms with E-state index in [4.69, 9.17) is 4.98 Å². The third-order valence-corrected chi connectivity index (χ3v) is 7.28. The van der Waals surface area contributed by atoms with Gasteiger partial charge in [-0.1, -0.05) is 11.3 Å². The molecule has 0 aromatic carbocycles. The number of hydrogen-bond donors (Lipinski definition) is 1. The van der Waals surface area contributed by atoms with Crippen LogP contribution in [-0.4, -0.2) is 59.6 Å². The first-order chi connectivity index (χ1) is 17.3. The molecule has 4 aromatic rings. The molecule has 1 saturated heterocycles. The van der Waals surface area contributed by atoms with Crippen LogP contribution in [0.3, 0.4) is 0 Å². The molecule has 11 nitrogen and oxygen atoms in total. The maximum Gasteiger partial charge on any atom is 0.324 e. The van der Waals surface area contributed by atoms with Crippen LogP contribution in [-0.2, 0) is 0 Å². The second-order valence-corrected chi connectivity index (χ2v) is 9.86. The highest BCUT2D eigenvalue weighted by Gasteiger charge is 2.26. The summed E-state index contributed by atoms with van der Waals surface area (Å²) in [5.74, 6) is -0.695. The van der Waals surface area contributed by atoms with Gasteiger partial charge in [0.2, 0.25) is 5.95 Å². The number of likely N-dealkylation sites (tertiary alicyclic amines) is 1. The van der Waals surface area contributed by atoms with Crippen molar-refractivity contribution in [2.75, 3.05) is 18.4 Å². The lowest BCUT2D eigenvalue weighted by atomic mass is 10.0. The number of hydrogen-bond acceptors (Lipinski definition) is 9. The number of thiophene rings is 1. The van der Waals surface area contributed by atoms with E-state index in [-0.39, 0.29) is 27.6 Å². The predicted octanol–water partition coefficient (Wildman–Crippen LogP) is 4.29. The molecule has 1 aliphatic rings. The summed E-state index contributed by atoms with van der Waals surface area (Å²) in [4.78, 5) is 38.9. The van der Waals surface area contributed by atoms with E-state index >= 15 is 0 Å². The highest BCUT2D eigenvalue weighted by molar-refractivity contribution is 7.17. The minimum absolute atomic E-state index is 0.120. The number of carbonyl (C=O) groups is 1. The number of nitrogens with one attached hydrogen (secondary N) is 1. The molecule has 0 aliphatic carbocycles. The van der Waals surface area contributed by atoms with Gasteiger partial charge in [0.05, 0.1) is 27.4 Å². The van der Waals surface area contributed by atoms with Gasteiger partial charge >= 0.3 is 5.00 Å². The van der Waals surface area contributed by atoms with Gasteiger partial charge in [0.1, 0.15) is 5.82 Å². The number of amides is 1. The van der Waals surface area contributed by atoms with Crippen molar-refractivity contribution in [3.05, 3.63) is 57.6 Å². The Balaban J connectivity index is 1.53. The number of halogens is 1. The first kappa shape index (κ1) is 23.9. The Morgan fingerprint density at radius 2 is 1.97 bits per heavy atom. The van der Waals surface area contributed by atoms with Gasteiger partial charge in [-0.15, -0.1) is 0 Å². The smallest absolute Gasteiger partial charge is 0.305 e. The average molecular weight is 511 g/mol. The Labute approximate surface area is 209 Å². The number of aromatic nitrogens is 5. The number of nitrogens with zero attached hydrogens (tertiary/aromatic N) is 7. The van der Waals surface area contributed by atoms with Gasteiger partial charge < -0.3 is 10.2 Å². The van der Waals surface area contributed by atoms with E-state index in [1.807, 2.05) is 4.68 Å². The van der Waals surface area contributed by atoms with E-state index in [0.717, 1.165) is 37.3 Å². The van der Waals surface area contributed by atoms with Crippen LogP contribution in [0.4, 0.5) is 15.2 Å². The van der Waals surface area contributed by atoms with Crippen LogP contribution in [0.1, 0.15) is 42.4 Å². The third kappa shape index (κ3) is 4.66. The monoisotopic (exact) mass is 510 g/mol. The van der Waals surface area contributed by atoms with Gasteiger partial charge in [0.25, 0.3) is 5.91 Å². The molecule has 0 unspecified atom stereocenters. The number of piperidine rings is 1. The van der Waals surface area contributed by atoms with Crippen molar-refractivity contribution in [3.8, 4) is 11.4 Å². The number of pyridine rings is 1. The maximum absolute atomic E-state index is 13.4. The van der Waals surface area contributed by atoms with Crippen molar-refractivity contribution in [1.82, 2.24) is 29.6 Å². The van der Waals surface area contributed by atoms with Crippen molar-refractivity contribution in [3.63, 3.8) is 0 Å². The summed E-state index contributed by atoms with van der Waals surface area (Å²) >= 11 is 0.775. The van der Waals surface area contributed by atoms with Crippen LogP contribution in [0.2, 0.25) is 0 Å². The summed E-state index contributed by atoms with van der Waals surface area (Å²) < 4.78 is 15.3. The third-order valence-electron chi connectivity index (χ3n) is 6.24. The van der Waals surface area contributed by atoms with E-state index < -0.39 is 16.8 Å². The van der Waals surface area contributed by atoms with Gasteiger partial charge in [0.15, 0.2) is 11.5 Å². The van der Waals surface area contributed by atoms with Crippen molar-refractivity contribution in [1.29, 1.82) is 0 Å². The first-order valence-electron chi connectivity index (χ1n) is 11.5. The van der Waals surface area contributed by atoms with Crippen LogP contribution in [0.15, 0.2) is 36.7 Å². The lowest BCUT2D eigenvalue weighted by molar-refractivity contribution is -0.380. The second-order valence-electron chi connectivity index (χ2n) is 8.80. The van der Waals surface area contributed by atoms with Crippen LogP contribution in [0.25, 0.3) is 22.4 Å². The highest BCUT2D eigenvalue weighted by Crippen LogP contribution is 2.31. The topological polar surface area (TPSA) is 132 Å². The van der Waals surface area contributed by atoms with E-state index in [1.165, 1.54) is 30.5 Å². The van der Waals surface area contributed by atoms with Crippen LogP contribution < -0.4 is 5.32 Å². The van der Waals surface area contributed by atoms with Gasteiger partial charge in [-0.05, 0) is 44.9 Å². The van der Waals surface area contributed by atoms with Gasteiger partial charge in [-0.25, -0.2) is 19.6 Å². The fourth-order valence-electron chi connectivity index (χ4n) is 4.29. The molecule has 0 radical (unpaired) electrons. The van der Waals surface area contributed by atoms with E-state index in [9.17, 15) is 19.3 Å². The zero-order chi connectivity index (χ0) is 25.4. The first-order valence-corrected chi connectivity index (χ1v) is 12.3. The lowest BCUT2D eigenvalue weighted by Crippen LogP contribution is -2.39. The molecule has 1 amide bonds. The predicted molar refractivity (Wildman–Crippen MR) is 132 cm³/mol. The number of carbonyl (C=O) groups excluding carboxylic acids is 1. The molecule has 13 heteroatoms. The molecule has 0 saturated carbocycles. The summed E-state index contributed by atoms with van der Waals surface area (Å²) in [6, 6.07) is 5.99. The molecule has 1 N–H and O–H groups in total. The minimum Gasteiger partial charge on any atom is -0.305 e. The molecule has 4 aromatic heterocycles. The molecular weight excluding hydrogens is 487 g/mol. The normalized spacial score (nSPS) is 15.0. The molecule has 5 heterocycles. The molecule has 0 spiro atoms. The van der Waals surface area contributed by atoms with Crippen molar-refractivity contribution >= 4 is 39.1 Å². The number of fused-ring (bicyclic) bond motifs is 1. The van der Waals surface area contributed by atoms with Gasteiger partial charge in [-0.3, -0.25) is 14.9 Å². The van der Waals surface area contributed by atoms with Crippen molar-refractivity contribution in [2.45, 2.75) is 38.8 Å². The zero-order valence-electron chi connectivity index (χ0n) is 19.6. The summed E-state index contributed by atoms with van der Waals surface area (Å²) in [6.45, 7) is 6.22. The quantitative estimate of drug-likeness (QED) is 0.231. The molecule has 0 atom stereocenters. The van der Waals surface area contributed by atoms with E-state index in [1.54, 1.807) is 6.20 Å². The van der Waals surface area contributed by atoms with Crippen LogP contribution in [0, 0.1) is 16.1 Å². The Bertz CT molecular complexity index is 1430. The summed E-state index contributed by atoms with van der Waals surface area (Å²) in [5.41, 5.74) is 1.02. The SMILES string of the molecule is CC(C)N1CCC(n2ncc3c(NC(=O)c4ccc([N+](=O)[O-])s4)nc(-c4ccc(F)nc4)nc32)CC1. The lowest BCUT2D eigenvalue weighted by Gasteiger charge is -2.34.